The Morgan fingerprint density at radius 3 is 3.00 bits per heavy atom. The first-order valence-corrected chi connectivity index (χ1v) is 6.01. The third-order valence-electron chi connectivity index (χ3n) is 2.86. The third-order valence-corrected chi connectivity index (χ3v) is 3.09. The van der Waals surface area contributed by atoms with E-state index < -0.39 is 5.82 Å². The minimum absolute atomic E-state index is 0.0844. The van der Waals surface area contributed by atoms with Gasteiger partial charge < -0.3 is 10.6 Å². The number of amides is 1. The van der Waals surface area contributed by atoms with Crippen molar-refractivity contribution in [2.45, 2.75) is 12.8 Å². The molecule has 0 spiro atoms. The van der Waals surface area contributed by atoms with Crippen LogP contribution in [0.25, 0.3) is 0 Å². The maximum Gasteiger partial charge on any atom is 0.228 e. The molecule has 1 aliphatic rings. The SMILES string of the molecule is O=C(Nc1ccc(Cl)cc1F)C1CCCNC1. The zero-order valence-electron chi connectivity index (χ0n) is 9.30. The molecule has 17 heavy (non-hydrogen) atoms. The number of piperidine rings is 1. The molecule has 92 valence electrons. The van der Waals surface area contributed by atoms with E-state index in [2.05, 4.69) is 10.6 Å². The largest absolute Gasteiger partial charge is 0.323 e. The first-order valence-electron chi connectivity index (χ1n) is 5.63. The van der Waals surface area contributed by atoms with Crippen LogP contribution < -0.4 is 10.6 Å². The molecular weight excluding hydrogens is 243 g/mol. The molecule has 0 aliphatic carbocycles. The minimum Gasteiger partial charge on any atom is -0.323 e. The topological polar surface area (TPSA) is 41.1 Å². The summed E-state index contributed by atoms with van der Waals surface area (Å²) in [4.78, 5) is 11.9. The highest BCUT2D eigenvalue weighted by atomic mass is 35.5. The summed E-state index contributed by atoms with van der Waals surface area (Å²) in [6, 6.07) is 4.22. The number of halogens is 2. The summed E-state index contributed by atoms with van der Waals surface area (Å²) in [5.41, 5.74) is 0.185. The molecule has 2 N–H and O–H groups in total. The summed E-state index contributed by atoms with van der Waals surface area (Å²) in [5.74, 6) is -0.730. The lowest BCUT2D eigenvalue weighted by Gasteiger charge is -2.22. The Balaban J connectivity index is 2.02. The summed E-state index contributed by atoms with van der Waals surface area (Å²) in [6.45, 7) is 1.60. The number of nitrogens with one attached hydrogen (secondary N) is 2. The van der Waals surface area contributed by atoms with E-state index in [1.54, 1.807) is 6.07 Å². The fourth-order valence-corrected chi connectivity index (χ4v) is 2.06. The number of rotatable bonds is 2. The first kappa shape index (κ1) is 12.3. The molecule has 1 unspecified atom stereocenters. The summed E-state index contributed by atoms with van der Waals surface area (Å²) in [6.07, 6.45) is 1.81. The molecule has 0 bridgehead atoms. The summed E-state index contributed by atoms with van der Waals surface area (Å²) < 4.78 is 13.5. The quantitative estimate of drug-likeness (QED) is 0.853. The highest BCUT2D eigenvalue weighted by Gasteiger charge is 2.21. The van der Waals surface area contributed by atoms with Crippen molar-refractivity contribution in [3.05, 3.63) is 29.0 Å². The van der Waals surface area contributed by atoms with Gasteiger partial charge in [-0.05, 0) is 37.6 Å². The maximum absolute atomic E-state index is 13.5. The number of carbonyl (C=O) groups is 1. The molecule has 1 aromatic carbocycles. The molecule has 0 radical (unpaired) electrons. The van der Waals surface area contributed by atoms with E-state index in [4.69, 9.17) is 11.6 Å². The van der Waals surface area contributed by atoms with Crippen LogP contribution in [-0.4, -0.2) is 19.0 Å². The van der Waals surface area contributed by atoms with Crippen molar-refractivity contribution in [1.82, 2.24) is 5.32 Å². The van der Waals surface area contributed by atoms with Gasteiger partial charge in [0.05, 0.1) is 11.6 Å². The van der Waals surface area contributed by atoms with Crippen LogP contribution in [0.1, 0.15) is 12.8 Å². The minimum atomic E-state index is -0.505. The number of benzene rings is 1. The van der Waals surface area contributed by atoms with Crippen LogP contribution in [0.2, 0.25) is 5.02 Å². The van der Waals surface area contributed by atoms with E-state index in [9.17, 15) is 9.18 Å². The third kappa shape index (κ3) is 3.17. The molecule has 0 aromatic heterocycles. The van der Waals surface area contributed by atoms with Gasteiger partial charge in [-0.1, -0.05) is 11.6 Å². The lowest BCUT2D eigenvalue weighted by Crippen LogP contribution is -2.37. The van der Waals surface area contributed by atoms with Gasteiger partial charge in [-0.3, -0.25) is 4.79 Å². The van der Waals surface area contributed by atoms with E-state index in [0.717, 1.165) is 19.4 Å². The van der Waals surface area contributed by atoms with Crippen molar-refractivity contribution >= 4 is 23.2 Å². The summed E-state index contributed by atoms with van der Waals surface area (Å²) in [5, 5.41) is 6.06. The van der Waals surface area contributed by atoms with E-state index in [1.165, 1.54) is 12.1 Å². The maximum atomic E-state index is 13.5. The van der Waals surface area contributed by atoms with E-state index in [-0.39, 0.29) is 17.5 Å². The molecule has 5 heteroatoms. The normalized spacial score (nSPS) is 20.0. The molecule has 0 saturated carbocycles. The highest BCUT2D eigenvalue weighted by molar-refractivity contribution is 6.30. The molecule has 1 saturated heterocycles. The fourth-order valence-electron chi connectivity index (χ4n) is 1.90. The molecule has 1 fully saturated rings. The van der Waals surface area contributed by atoms with E-state index in [0.29, 0.717) is 11.6 Å². The Morgan fingerprint density at radius 1 is 1.53 bits per heavy atom. The zero-order chi connectivity index (χ0) is 12.3. The Morgan fingerprint density at radius 2 is 2.35 bits per heavy atom. The predicted molar refractivity (Wildman–Crippen MR) is 65.6 cm³/mol. The Hall–Kier alpha value is -1.13. The average molecular weight is 257 g/mol. The number of hydrogen-bond acceptors (Lipinski definition) is 2. The lowest BCUT2D eigenvalue weighted by molar-refractivity contribution is -0.120. The van der Waals surface area contributed by atoms with Gasteiger partial charge in [-0.15, -0.1) is 0 Å². The van der Waals surface area contributed by atoms with Gasteiger partial charge in [0.1, 0.15) is 5.82 Å². The van der Waals surface area contributed by atoms with Crippen LogP contribution in [0.3, 0.4) is 0 Å². The Labute approximate surface area is 104 Å². The summed E-state index contributed by atoms with van der Waals surface area (Å²) >= 11 is 5.64. The van der Waals surface area contributed by atoms with Crippen LogP contribution >= 0.6 is 11.6 Å². The second kappa shape index (κ2) is 5.47. The van der Waals surface area contributed by atoms with Crippen LogP contribution in [0, 0.1) is 11.7 Å². The molecular formula is C12H14ClFN2O. The van der Waals surface area contributed by atoms with Gasteiger partial charge in [-0.2, -0.15) is 0 Å². The van der Waals surface area contributed by atoms with Gasteiger partial charge in [0.15, 0.2) is 0 Å². The number of hydrogen-bond donors (Lipinski definition) is 2. The van der Waals surface area contributed by atoms with Gasteiger partial charge in [0.2, 0.25) is 5.91 Å². The second-order valence-corrected chi connectivity index (χ2v) is 4.59. The van der Waals surface area contributed by atoms with Crippen molar-refractivity contribution < 1.29 is 9.18 Å². The van der Waals surface area contributed by atoms with Crippen molar-refractivity contribution in [3.8, 4) is 0 Å². The van der Waals surface area contributed by atoms with Gasteiger partial charge in [-0.25, -0.2) is 4.39 Å². The Kier molecular flexibility index (Phi) is 3.97. The van der Waals surface area contributed by atoms with E-state index >= 15 is 0 Å². The van der Waals surface area contributed by atoms with Crippen molar-refractivity contribution in [3.63, 3.8) is 0 Å². The average Bonchev–Trinajstić information content (AvgIpc) is 2.34. The van der Waals surface area contributed by atoms with Gasteiger partial charge in [0.25, 0.3) is 0 Å². The van der Waals surface area contributed by atoms with Crippen molar-refractivity contribution in [1.29, 1.82) is 0 Å². The van der Waals surface area contributed by atoms with Crippen LogP contribution in [0.15, 0.2) is 18.2 Å². The monoisotopic (exact) mass is 256 g/mol. The molecule has 1 aliphatic heterocycles. The lowest BCUT2D eigenvalue weighted by atomic mass is 9.99. The van der Waals surface area contributed by atoms with Crippen LogP contribution in [-0.2, 0) is 4.79 Å². The molecule has 1 aromatic rings. The second-order valence-electron chi connectivity index (χ2n) is 4.16. The fraction of sp³-hybridized carbons (Fsp3) is 0.417. The molecule has 1 heterocycles. The van der Waals surface area contributed by atoms with Crippen molar-refractivity contribution in [2.24, 2.45) is 5.92 Å². The molecule has 2 rings (SSSR count). The molecule has 3 nitrogen and oxygen atoms in total. The molecule has 1 atom stereocenters. The highest BCUT2D eigenvalue weighted by Crippen LogP contribution is 2.20. The van der Waals surface area contributed by atoms with Gasteiger partial charge in [0, 0.05) is 11.6 Å². The standard InChI is InChI=1S/C12H14ClFN2O/c13-9-3-4-11(10(14)6-9)16-12(17)8-2-1-5-15-7-8/h3-4,6,8,15H,1-2,5,7H2,(H,16,17). The summed E-state index contributed by atoms with van der Waals surface area (Å²) in [7, 11) is 0. The molecule has 1 amide bonds. The number of carbonyl (C=O) groups excluding carboxylic acids is 1. The Bertz CT molecular complexity index is 419. The van der Waals surface area contributed by atoms with Crippen LogP contribution in [0.4, 0.5) is 10.1 Å². The van der Waals surface area contributed by atoms with Crippen molar-refractivity contribution in [2.75, 3.05) is 18.4 Å². The van der Waals surface area contributed by atoms with E-state index in [1.807, 2.05) is 0 Å². The van der Waals surface area contributed by atoms with Crippen LogP contribution in [0.5, 0.6) is 0 Å². The first-order chi connectivity index (χ1) is 8.16. The zero-order valence-corrected chi connectivity index (χ0v) is 10.1. The number of anilines is 1. The predicted octanol–water partition coefficient (Wildman–Crippen LogP) is 2.42. The van der Waals surface area contributed by atoms with Gasteiger partial charge >= 0.3 is 0 Å². The smallest absolute Gasteiger partial charge is 0.228 e.